The van der Waals surface area contributed by atoms with E-state index in [0.29, 0.717) is 0 Å². The van der Waals surface area contributed by atoms with Gasteiger partial charge >= 0.3 is 0 Å². The molecule has 0 fully saturated rings. The van der Waals surface area contributed by atoms with Crippen molar-refractivity contribution in [2.45, 2.75) is 33.1 Å². The van der Waals surface area contributed by atoms with Crippen molar-refractivity contribution in [3.05, 3.63) is 0 Å². The average molecular weight is 243 g/mol. The summed E-state index contributed by atoms with van der Waals surface area (Å²) in [5.74, 6) is 6.38. The lowest BCUT2D eigenvalue weighted by atomic mass is 10.3. The van der Waals surface area contributed by atoms with Gasteiger partial charge in [-0.2, -0.15) is 0 Å². The first-order valence-corrected chi connectivity index (χ1v) is 6.56. The maximum Gasteiger partial charge on any atom is 0.208 e. The van der Waals surface area contributed by atoms with Gasteiger partial charge < -0.3 is 9.80 Å². The summed E-state index contributed by atoms with van der Waals surface area (Å²) >= 11 is 0. The van der Waals surface area contributed by atoms with E-state index < -0.39 is 0 Å². The van der Waals surface area contributed by atoms with Crippen molar-refractivity contribution in [2.24, 2.45) is 10.8 Å². The highest BCUT2D eigenvalue weighted by atomic mass is 15.4. The van der Waals surface area contributed by atoms with Crippen LogP contribution in [0, 0.1) is 0 Å². The number of guanidine groups is 1. The largest absolute Gasteiger partial charge is 0.341 e. The molecule has 17 heavy (non-hydrogen) atoms. The molecule has 0 aliphatic heterocycles. The number of unbranched alkanes of at least 4 members (excludes halogenated alkanes) is 1. The quantitative estimate of drug-likeness (QED) is 0.218. The molecule has 0 amide bonds. The van der Waals surface area contributed by atoms with Crippen LogP contribution in [-0.4, -0.2) is 56.0 Å². The fourth-order valence-electron chi connectivity index (χ4n) is 1.49. The van der Waals surface area contributed by atoms with Crippen molar-refractivity contribution in [2.75, 3.05) is 40.3 Å². The fourth-order valence-corrected chi connectivity index (χ4v) is 1.49. The van der Waals surface area contributed by atoms with E-state index in [-0.39, 0.29) is 0 Å². The summed E-state index contributed by atoms with van der Waals surface area (Å²) in [5, 5.41) is 0. The van der Waals surface area contributed by atoms with Gasteiger partial charge in [0.2, 0.25) is 5.96 Å². The molecule has 102 valence electrons. The molecule has 3 N–H and O–H groups in total. The van der Waals surface area contributed by atoms with Gasteiger partial charge in [0.15, 0.2) is 0 Å². The Labute approximate surface area is 106 Å². The van der Waals surface area contributed by atoms with E-state index in [1.807, 2.05) is 0 Å². The minimum absolute atomic E-state index is 0.821. The van der Waals surface area contributed by atoms with Crippen molar-refractivity contribution < 1.29 is 0 Å². The number of hydrogen-bond acceptors (Lipinski definition) is 3. The number of nitrogens with zero attached hydrogens (tertiary/aromatic N) is 3. The Hall–Kier alpha value is -0.810. The van der Waals surface area contributed by atoms with Crippen LogP contribution in [0.25, 0.3) is 0 Å². The van der Waals surface area contributed by atoms with Gasteiger partial charge in [0.1, 0.15) is 0 Å². The first-order valence-electron chi connectivity index (χ1n) is 6.56. The monoisotopic (exact) mass is 243 g/mol. The zero-order valence-corrected chi connectivity index (χ0v) is 11.9. The summed E-state index contributed by atoms with van der Waals surface area (Å²) in [7, 11) is 4.15. The van der Waals surface area contributed by atoms with Crippen molar-refractivity contribution >= 4 is 5.96 Å². The highest BCUT2D eigenvalue weighted by Crippen LogP contribution is 1.95. The summed E-state index contributed by atoms with van der Waals surface area (Å²) in [6.45, 7) is 8.13. The molecule has 0 heterocycles. The zero-order valence-electron chi connectivity index (χ0n) is 11.9. The molecule has 0 radical (unpaired) electrons. The highest BCUT2D eigenvalue weighted by molar-refractivity contribution is 5.79. The molecule has 0 aromatic carbocycles. The Balaban J connectivity index is 4.33. The first kappa shape index (κ1) is 16.2. The second-order valence-corrected chi connectivity index (χ2v) is 4.49. The van der Waals surface area contributed by atoms with Crippen LogP contribution in [0.2, 0.25) is 0 Å². The molecule has 0 saturated carbocycles. The van der Waals surface area contributed by atoms with E-state index in [9.17, 15) is 0 Å². The van der Waals surface area contributed by atoms with Gasteiger partial charge in [0.05, 0.1) is 0 Å². The Bertz CT molecular complexity index is 203. The maximum absolute atomic E-state index is 5.56. The summed E-state index contributed by atoms with van der Waals surface area (Å²) < 4.78 is 0. The Kier molecular flexibility index (Phi) is 9.86. The number of aliphatic imine (C=N–C) groups is 1. The predicted octanol–water partition coefficient (Wildman–Crippen LogP) is 0.879. The molecule has 5 heteroatoms. The molecule has 0 aromatic rings. The maximum atomic E-state index is 5.56. The van der Waals surface area contributed by atoms with Crippen molar-refractivity contribution in [1.82, 2.24) is 15.2 Å². The van der Waals surface area contributed by atoms with E-state index >= 15 is 0 Å². The molecular weight excluding hydrogens is 214 g/mol. The minimum Gasteiger partial charge on any atom is -0.341 e. The molecule has 0 saturated heterocycles. The van der Waals surface area contributed by atoms with Gasteiger partial charge in [-0.1, -0.05) is 20.3 Å². The van der Waals surface area contributed by atoms with E-state index in [1.54, 1.807) is 0 Å². The lowest BCUT2D eigenvalue weighted by Crippen LogP contribution is -2.47. The summed E-state index contributed by atoms with van der Waals surface area (Å²) in [4.78, 5) is 8.90. The van der Waals surface area contributed by atoms with Crippen LogP contribution in [0.15, 0.2) is 4.99 Å². The van der Waals surface area contributed by atoms with Crippen LogP contribution in [0.5, 0.6) is 0 Å². The van der Waals surface area contributed by atoms with Crippen molar-refractivity contribution in [3.8, 4) is 0 Å². The first-order chi connectivity index (χ1) is 8.15. The normalized spacial score (nSPS) is 12.0. The lowest BCUT2D eigenvalue weighted by molar-refractivity contribution is 0.322. The molecule has 0 unspecified atom stereocenters. The molecule has 0 spiro atoms. The van der Waals surface area contributed by atoms with Crippen LogP contribution < -0.4 is 11.3 Å². The minimum atomic E-state index is 0.821. The van der Waals surface area contributed by atoms with E-state index in [2.05, 4.69) is 48.2 Å². The molecule has 0 aromatic heterocycles. The summed E-state index contributed by atoms with van der Waals surface area (Å²) in [5.41, 5.74) is 2.73. The standard InChI is InChI=1S/C12H29N5/c1-5-7-8-14-12(15-13)17(9-6-2)11-10-16(3)4/h5-11,13H2,1-4H3,(H,14,15). The molecule has 0 bridgehead atoms. The van der Waals surface area contributed by atoms with Gasteiger partial charge in [-0.3, -0.25) is 10.4 Å². The van der Waals surface area contributed by atoms with Gasteiger partial charge in [-0.15, -0.1) is 0 Å². The summed E-state index contributed by atoms with van der Waals surface area (Å²) in [6.07, 6.45) is 3.37. The Morgan fingerprint density at radius 2 is 1.82 bits per heavy atom. The third-order valence-corrected chi connectivity index (χ3v) is 2.51. The van der Waals surface area contributed by atoms with Crippen LogP contribution >= 0.6 is 0 Å². The van der Waals surface area contributed by atoms with E-state index in [0.717, 1.165) is 51.4 Å². The highest BCUT2D eigenvalue weighted by Gasteiger charge is 2.08. The third-order valence-electron chi connectivity index (χ3n) is 2.51. The van der Waals surface area contributed by atoms with Crippen LogP contribution in [-0.2, 0) is 0 Å². The van der Waals surface area contributed by atoms with Gasteiger partial charge in [-0.25, -0.2) is 5.84 Å². The van der Waals surface area contributed by atoms with Gasteiger partial charge in [-0.05, 0) is 26.9 Å². The zero-order chi connectivity index (χ0) is 13.1. The van der Waals surface area contributed by atoms with E-state index in [1.165, 1.54) is 0 Å². The van der Waals surface area contributed by atoms with Crippen LogP contribution in [0.4, 0.5) is 0 Å². The smallest absolute Gasteiger partial charge is 0.208 e. The molecular formula is C12H29N5. The number of hydrazine groups is 1. The topological polar surface area (TPSA) is 56.9 Å². The van der Waals surface area contributed by atoms with E-state index in [4.69, 9.17) is 5.84 Å². The third kappa shape index (κ3) is 7.99. The molecule has 0 aliphatic rings. The fraction of sp³-hybridized carbons (Fsp3) is 0.917. The van der Waals surface area contributed by atoms with Gasteiger partial charge in [0, 0.05) is 26.2 Å². The number of nitrogens with two attached hydrogens (primary N) is 1. The molecule has 0 aliphatic carbocycles. The average Bonchev–Trinajstić information content (AvgIpc) is 2.30. The number of nitrogens with one attached hydrogen (secondary N) is 1. The lowest BCUT2D eigenvalue weighted by Gasteiger charge is -2.26. The van der Waals surface area contributed by atoms with Gasteiger partial charge in [0.25, 0.3) is 0 Å². The number of hydrogen-bond donors (Lipinski definition) is 2. The van der Waals surface area contributed by atoms with Crippen molar-refractivity contribution in [1.29, 1.82) is 0 Å². The number of rotatable bonds is 8. The molecule has 0 atom stereocenters. The number of likely N-dealkylation sites (N-methyl/N-ethyl adjacent to an activating group) is 1. The van der Waals surface area contributed by atoms with Crippen LogP contribution in [0.3, 0.4) is 0 Å². The SMILES string of the molecule is CCCCN=C(NN)N(CCC)CCN(C)C. The van der Waals surface area contributed by atoms with Crippen molar-refractivity contribution in [3.63, 3.8) is 0 Å². The Morgan fingerprint density at radius 3 is 2.29 bits per heavy atom. The molecule has 0 rings (SSSR count). The Morgan fingerprint density at radius 1 is 1.12 bits per heavy atom. The summed E-state index contributed by atoms with van der Waals surface area (Å²) in [6, 6.07) is 0. The second kappa shape index (κ2) is 10.4. The second-order valence-electron chi connectivity index (χ2n) is 4.49. The molecule has 5 nitrogen and oxygen atoms in total. The predicted molar refractivity (Wildman–Crippen MR) is 75.0 cm³/mol. The van der Waals surface area contributed by atoms with Crippen LogP contribution in [0.1, 0.15) is 33.1 Å².